The number of hydrogen-bond acceptors (Lipinski definition) is 6. The quantitative estimate of drug-likeness (QED) is 0.782. The van der Waals surface area contributed by atoms with Crippen LogP contribution in [0.25, 0.3) is 0 Å². The molecule has 0 spiro atoms. The highest BCUT2D eigenvalue weighted by Crippen LogP contribution is 2.34. The Morgan fingerprint density at radius 2 is 1.82 bits per heavy atom. The molecule has 2 fully saturated rings. The molecule has 2 N–H and O–H groups in total. The van der Waals surface area contributed by atoms with Gasteiger partial charge in [-0.25, -0.2) is 8.42 Å². The Labute approximate surface area is 170 Å². The number of hydrogen-bond donors (Lipinski definition) is 2. The number of sulfone groups is 1. The molecule has 1 aromatic rings. The van der Waals surface area contributed by atoms with Gasteiger partial charge in [0.15, 0.2) is 15.0 Å². The summed E-state index contributed by atoms with van der Waals surface area (Å²) in [6.45, 7) is 0. The third-order valence-electron chi connectivity index (χ3n) is 5.63. The Morgan fingerprint density at radius 1 is 1.07 bits per heavy atom. The number of aliphatic imine (C=N–C) groups is 1. The van der Waals surface area contributed by atoms with Crippen LogP contribution < -0.4 is 10.6 Å². The van der Waals surface area contributed by atoms with Crippen LogP contribution in [0.5, 0.6) is 0 Å². The molecule has 1 saturated carbocycles. The molecule has 0 unspecified atom stereocenters. The van der Waals surface area contributed by atoms with Crippen LogP contribution in [0.3, 0.4) is 0 Å². The Balaban J connectivity index is 1.37. The molecule has 0 aromatic heterocycles. The fourth-order valence-electron chi connectivity index (χ4n) is 4.15. The second-order valence-corrected chi connectivity index (χ2v) is 11.3. The lowest BCUT2D eigenvalue weighted by atomic mass is 9.96. The van der Waals surface area contributed by atoms with Crippen molar-refractivity contribution >= 4 is 38.4 Å². The Hall–Kier alpha value is -1.54. The molecule has 1 amide bonds. The van der Waals surface area contributed by atoms with E-state index in [9.17, 15) is 13.2 Å². The van der Waals surface area contributed by atoms with Crippen molar-refractivity contribution in [1.29, 1.82) is 0 Å². The molecular formula is C20H27N3O3S2. The van der Waals surface area contributed by atoms with Crippen molar-refractivity contribution in [2.24, 2.45) is 4.99 Å². The molecule has 0 radical (unpaired) electrons. The van der Waals surface area contributed by atoms with Gasteiger partial charge in [-0.1, -0.05) is 49.9 Å². The number of fused-ring (bicyclic) bond motifs is 1. The molecule has 1 aliphatic carbocycles. The van der Waals surface area contributed by atoms with Crippen molar-refractivity contribution in [3.63, 3.8) is 0 Å². The first-order valence-corrected chi connectivity index (χ1v) is 12.8. The van der Waals surface area contributed by atoms with Gasteiger partial charge in [-0.05, 0) is 31.0 Å². The van der Waals surface area contributed by atoms with Gasteiger partial charge in [0.2, 0.25) is 0 Å². The smallest absolute Gasteiger partial charge is 0.251 e. The molecule has 4 rings (SSSR count). The molecule has 28 heavy (non-hydrogen) atoms. The topological polar surface area (TPSA) is 87.6 Å². The van der Waals surface area contributed by atoms with E-state index in [0.29, 0.717) is 5.56 Å². The number of amidine groups is 1. The predicted octanol–water partition coefficient (Wildman–Crippen LogP) is 3.21. The minimum atomic E-state index is -2.95. The number of thioether (sulfide) groups is 1. The largest absolute Gasteiger partial charge is 0.349 e. The maximum Gasteiger partial charge on any atom is 0.251 e. The first-order valence-electron chi connectivity index (χ1n) is 10.1. The summed E-state index contributed by atoms with van der Waals surface area (Å²) in [5.41, 5.74) is 1.44. The van der Waals surface area contributed by atoms with Gasteiger partial charge in [0, 0.05) is 22.5 Å². The van der Waals surface area contributed by atoms with E-state index in [0.717, 1.165) is 23.7 Å². The summed E-state index contributed by atoms with van der Waals surface area (Å²) in [6, 6.07) is 7.55. The number of nitrogens with zero attached hydrogens (tertiary/aromatic N) is 1. The summed E-state index contributed by atoms with van der Waals surface area (Å²) >= 11 is 1.48. The number of nitrogens with one attached hydrogen (secondary N) is 2. The van der Waals surface area contributed by atoms with E-state index in [1.165, 1.54) is 43.9 Å². The number of amides is 1. The van der Waals surface area contributed by atoms with Gasteiger partial charge in [-0.2, -0.15) is 0 Å². The molecule has 2 atom stereocenters. The molecule has 2 heterocycles. The second kappa shape index (κ2) is 8.45. The summed E-state index contributed by atoms with van der Waals surface area (Å²) in [5, 5.41) is 7.20. The maximum absolute atomic E-state index is 12.7. The molecular weight excluding hydrogens is 394 g/mol. The Bertz CT molecular complexity index is 861. The highest BCUT2D eigenvalue weighted by atomic mass is 32.2. The standard InChI is InChI=1S/C20H27N3O3S2/c24-19(21-15-8-4-2-1-3-5-9-15)14-7-6-10-16(11-14)22-20-23-17-12-28(25,26)13-18(17)27-20/h6-7,10-11,15,17-18H,1-5,8-9,12-13H2,(H,21,24)(H,22,23)/t17-,18-/m1/s1. The average molecular weight is 422 g/mol. The van der Waals surface area contributed by atoms with Gasteiger partial charge < -0.3 is 10.6 Å². The van der Waals surface area contributed by atoms with Crippen molar-refractivity contribution in [3.8, 4) is 0 Å². The van der Waals surface area contributed by atoms with Crippen molar-refractivity contribution < 1.29 is 13.2 Å². The summed E-state index contributed by atoms with van der Waals surface area (Å²) < 4.78 is 23.4. The summed E-state index contributed by atoms with van der Waals surface area (Å²) in [5.74, 6) is 0.304. The molecule has 152 valence electrons. The Kier molecular flexibility index (Phi) is 5.96. The predicted molar refractivity (Wildman–Crippen MR) is 115 cm³/mol. The zero-order chi connectivity index (χ0) is 19.6. The fraction of sp³-hybridized carbons (Fsp3) is 0.600. The second-order valence-electron chi connectivity index (χ2n) is 7.96. The minimum Gasteiger partial charge on any atom is -0.349 e. The zero-order valence-electron chi connectivity index (χ0n) is 15.9. The highest BCUT2D eigenvalue weighted by Gasteiger charge is 2.42. The summed E-state index contributed by atoms with van der Waals surface area (Å²) in [4.78, 5) is 17.2. The number of carbonyl (C=O) groups excluding carboxylic acids is 1. The van der Waals surface area contributed by atoms with Crippen LogP contribution in [0.4, 0.5) is 5.69 Å². The molecule has 8 heteroatoms. The van der Waals surface area contributed by atoms with Gasteiger partial charge >= 0.3 is 0 Å². The van der Waals surface area contributed by atoms with E-state index in [-0.39, 0.29) is 34.7 Å². The Morgan fingerprint density at radius 3 is 2.57 bits per heavy atom. The van der Waals surface area contributed by atoms with Gasteiger partial charge in [0.25, 0.3) is 5.91 Å². The van der Waals surface area contributed by atoms with Gasteiger partial charge in [0.05, 0.1) is 17.5 Å². The number of anilines is 1. The van der Waals surface area contributed by atoms with E-state index in [1.807, 2.05) is 24.3 Å². The van der Waals surface area contributed by atoms with Crippen molar-refractivity contribution in [1.82, 2.24) is 5.32 Å². The minimum absolute atomic E-state index is 0.0123. The monoisotopic (exact) mass is 421 g/mol. The lowest BCUT2D eigenvalue weighted by molar-refractivity contribution is 0.0930. The highest BCUT2D eigenvalue weighted by molar-refractivity contribution is 8.15. The third kappa shape index (κ3) is 4.89. The number of benzene rings is 1. The SMILES string of the molecule is O=C(NC1CCCCCCC1)c1cccc(NC2=N[C@@H]3CS(=O)(=O)C[C@H]3S2)c1. The van der Waals surface area contributed by atoms with Crippen LogP contribution in [-0.4, -0.2) is 48.3 Å². The van der Waals surface area contributed by atoms with E-state index in [1.54, 1.807) is 0 Å². The number of carbonyl (C=O) groups is 1. The van der Waals surface area contributed by atoms with Crippen molar-refractivity contribution in [3.05, 3.63) is 29.8 Å². The van der Waals surface area contributed by atoms with Crippen LogP contribution in [0.1, 0.15) is 55.3 Å². The van der Waals surface area contributed by atoms with Gasteiger partial charge in [0.1, 0.15) is 0 Å². The van der Waals surface area contributed by atoms with Crippen molar-refractivity contribution in [2.45, 2.75) is 62.3 Å². The summed E-state index contributed by atoms with van der Waals surface area (Å²) in [6.07, 6.45) is 8.31. The molecule has 2 aliphatic heterocycles. The lowest BCUT2D eigenvalue weighted by Crippen LogP contribution is -2.35. The normalized spacial score (nSPS) is 27.4. The summed E-state index contributed by atoms with van der Waals surface area (Å²) in [7, 11) is -2.95. The van der Waals surface area contributed by atoms with Gasteiger partial charge in [-0.3, -0.25) is 9.79 Å². The van der Waals surface area contributed by atoms with Crippen LogP contribution >= 0.6 is 11.8 Å². The first kappa shape index (κ1) is 19.8. The van der Waals surface area contributed by atoms with Crippen molar-refractivity contribution in [2.75, 3.05) is 16.8 Å². The molecule has 1 saturated heterocycles. The molecule has 1 aromatic carbocycles. The van der Waals surface area contributed by atoms with E-state index >= 15 is 0 Å². The van der Waals surface area contributed by atoms with Crippen LogP contribution in [0.2, 0.25) is 0 Å². The van der Waals surface area contributed by atoms with Gasteiger partial charge in [-0.15, -0.1) is 0 Å². The third-order valence-corrected chi connectivity index (χ3v) is 8.78. The lowest BCUT2D eigenvalue weighted by Gasteiger charge is -2.21. The van der Waals surface area contributed by atoms with Crippen LogP contribution in [-0.2, 0) is 9.84 Å². The molecule has 6 nitrogen and oxygen atoms in total. The maximum atomic E-state index is 12.7. The molecule has 3 aliphatic rings. The average Bonchev–Trinajstić information content (AvgIpc) is 3.09. The zero-order valence-corrected chi connectivity index (χ0v) is 17.5. The van der Waals surface area contributed by atoms with E-state index in [2.05, 4.69) is 15.6 Å². The van der Waals surface area contributed by atoms with E-state index in [4.69, 9.17) is 0 Å². The number of rotatable bonds is 3. The van der Waals surface area contributed by atoms with E-state index < -0.39 is 9.84 Å². The molecule has 0 bridgehead atoms. The fourth-order valence-corrected chi connectivity index (χ4v) is 7.82. The first-order chi connectivity index (χ1) is 13.5. The van der Waals surface area contributed by atoms with Crippen LogP contribution in [0.15, 0.2) is 29.3 Å². The van der Waals surface area contributed by atoms with Crippen LogP contribution in [0, 0.1) is 0 Å².